The molecule has 0 radical (unpaired) electrons. The molecule has 0 aliphatic heterocycles. The third-order valence-corrected chi connectivity index (χ3v) is 2.75. The smallest absolute Gasteiger partial charge is 0.226 e. The van der Waals surface area contributed by atoms with Crippen LogP contribution in [0.5, 0.6) is 0 Å². The van der Waals surface area contributed by atoms with E-state index in [4.69, 9.17) is 0 Å². The van der Waals surface area contributed by atoms with Crippen molar-refractivity contribution in [2.24, 2.45) is 5.41 Å². The first-order valence-corrected chi connectivity index (χ1v) is 5.94. The first-order valence-electron chi connectivity index (χ1n) is 5.94. The highest BCUT2D eigenvalue weighted by Crippen LogP contribution is 2.13. The molecule has 0 fully saturated rings. The highest BCUT2D eigenvalue weighted by Gasteiger charge is 2.25. The largest absolute Gasteiger partial charge is 0.359 e. The van der Waals surface area contributed by atoms with Gasteiger partial charge in [0.2, 0.25) is 5.91 Å². The van der Waals surface area contributed by atoms with Crippen LogP contribution in [0.25, 0.3) is 0 Å². The second kappa shape index (κ2) is 5.82. The molecule has 0 bridgehead atoms. The molecule has 0 spiro atoms. The molecular weight excluding hydrogens is 216 g/mol. The minimum absolute atomic E-state index is 0.0502. The van der Waals surface area contributed by atoms with Crippen LogP contribution in [0.2, 0.25) is 0 Å². The maximum atomic E-state index is 11.6. The Labute approximate surface area is 103 Å². The third kappa shape index (κ3) is 3.85. The van der Waals surface area contributed by atoms with Gasteiger partial charge in [-0.3, -0.25) is 9.48 Å². The van der Waals surface area contributed by atoms with Crippen LogP contribution in [0.4, 0.5) is 0 Å². The molecule has 17 heavy (non-hydrogen) atoms. The molecule has 5 heteroatoms. The van der Waals surface area contributed by atoms with E-state index in [1.165, 1.54) is 0 Å². The van der Waals surface area contributed by atoms with E-state index in [-0.39, 0.29) is 5.91 Å². The summed E-state index contributed by atoms with van der Waals surface area (Å²) < 4.78 is 1.89. The Kier molecular flexibility index (Phi) is 4.69. The summed E-state index contributed by atoms with van der Waals surface area (Å²) >= 11 is 0. The maximum Gasteiger partial charge on any atom is 0.226 e. The highest BCUT2D eigenvalue weighted by molar-refractivity contribution is 5.81. The fourth-order valence-corrected chi connectivity index (χ4v) is 1.61. The molecular formula is C12H22N4O. The van der Waals surface area contributed by atoms with Crippen molar-refractivity contribution >= 4 is 5.91 Å². The number of hydrogen-bond acceptors (Lipinski definition) is 3. The van der Waals surface area contributed by atoms with Crippen LogP contribution in [0.15, 0.2) is 12.4 Å². The van der Waals surface area contributed by atoms with Crippen molar-refractivity contribution in [2.45, 2.75) is 33.9 Å². The zero-order chi connectivity index (χ0) is 12.9. The standard InChI is InChI=1S/C12H22N4O/c1-5-16-8-10(7-15-16)6-14-9-12(2,3)11(17)13-4/h7-8,14H,5-6,9H2,1-4H3,(H,13,17). The van der Waals surface area contributed by atoms with Crippen molar-refractivity contribution in [3.05, 3.63) is 18.0 Å². The van der Waals surface area contributed by atoms with Crippen molar-refractivity contribution in [1.29, 1.82) is 0 Å². The van der Waals surface area contributed by atoms with Crippen molar-refractivity contribution in [1.82, 2.24) is 20.4 Å². The first-order chi connectivity index (χ1) is 7.99. The zero-order valence-corrected chi connectivity index (χ0v) is 11.1. The number of rotatable bonds is 6. The summed E-state index contributed by atoms with van der Waals surface area (Å²) in [6.07, 6.45) is 3.86. The van der Waals surface area contributed by atoms with Crippen LogP contribution in [0, 0.1) is 5.41 Å². The van der Waals surface area contributed by atoms with Crippen LogP contribution in [-0.4, -0.2) is 29.3 Å². The lowest BCUT2D eigenvalue weighted by Crippen LogP contribution is -2.41. The summed E-state index contributed by atoms with van der Waals surface area (Å²) in [6, 6.07) is 0. The van der Waals surface area contributed by atoms with Crippen molar-refractivity contribution in [2.75, 3.05) is 13.6 Å². The lowest BCUT2D eigenvalue weighted by atomic mass is 9.92. The summed E-state index contributed by atoms with van der Waals surface area (Å²) in [6.45, 7) is 8.16. The number of hydrogen-bond donors (Lipinski definition) is 2. The zero-order valence-electron chi connectivity index (χ0n) is 11.1. The number of nitrogens with zero attached hydrogens (tertiary/aromatic N) is 2. The van der Waals surface area contributed by atoms with Crippen LogP contribution >= 0.6 is 0 Å². The molecule has 1 amide bonds. The van der Waals surface area contributed by atoms with Crippen LogP contribution in [0.3, 0.4) is 0 Å². The Balaban J connectivity index is 2.39. The number of amides is 1. The molecule has 2 N–H and O–H groups in total. The minimum atomic E-state index is -0.393. The SMILES string of the molecule is CCn1cc(CNCC(C)(C)C(=O)NC)cn1. The summed E-state index contributed by atoms with van der Waals surface area (Å²) in [5.74, 6) is 0.0502. The van der Waals surface area contributed by atoms with Gasteiger partial charge in [0.25, 0.3) is 0 Å². The number of aromatic nitrogens is 2. The van der Waals surface area contributed by atoms with Gasteiger partial charge in [0, 0.05) is 38.4 Å². The summed E-state index contributed by atoms with van der Waals surface area (Å²) in [7, 11) is 1.66. The lowest BCUT2D eigenvalue weighted by Gasteiger charge is -2.22. The maximum absolute atomic E-state index is 11.6. The van der Waals surface area contributed by atoms with Gasteiger partial charge in [0.15, 0.2) is 0 Å². The van der Waals surface area contributed by atoms with Crippen molar-refractivity contribution < 1.29 is 4.79 Å². The molecule has 0 saturated carbocycles. The molecule has 96 valence electrons. The Morgan fingerprint density at radius 3 is 2.76 bits per heavy atom. The monoisotopic (exact) mass is 238 g/mol. The van der Waals surface area contributed by atoms with Crippen LogP contribution < -0.4 is 10.6 Å². The summed E-state index contributed by atoms with van der Waals surface area (Å²) in [5, 5.41) is 10.2. The van der Waals surface area contributed by atoms with E-state index < -0.39 is 5.41 Å². The van der Waals surface area contributed by atoms with Crippen molar-refractivity contribution in [3.8, 4) is 0 Å². The molecule has 1 aromatic heterocycles. The van der Waals surface area contributed by atoms with Crippen LogP contribution in [-0.2, 0) is 17.9 Å². The Bertz CT molecular complexity index is 370. The topological polar surface area (TPSA) is 59.0 Å². The first kappa shape index (κ1) is 13.7. The van der Waals surface area contributed by atoms with Gasteiger partial charge in [-0.1, -0.05) is 0 Å². The van der Waals surface area contributed by atoms with Crippen molar-refractivity contribution in [3.63, 3.8) is 0 Å². The third-order valence-electron chi connectivity index (χ3n) is 2.75. The molecule has 1 heterocycles. The predicted molar refractivity (Wildman–Crippen MR) is 67.5 cm³/mol. The minimum Gasteiger partial charge on any atom is -0.359 e. The number of carbonyl (C=O) groups is 1. The Morgan fingerprint density at radius 1 is 1.53 bits per heavy atom. The molecule has 0 aromatic carbocycles. The molecule has 0 saturated heterocycles. The van der Waals surface area contributed by atoms with Gasteiger partial charge in [-0.25, -0.2) is 0 Å². The molecule has 0 atom stereocenters. The number of nitrogens with one attached hydrogen (secondary N) is 2. The molecule has 0 aliphatic rings. The number of aryl methyl sites for hydroxylation is 1. The average molecular weight is 238 g/mol. The van der Waals surface area contributed by atoms with Gasteiger partial charge < -0.3 is 10.6 Å². The second-order valence-corrected chi connectivity index (χ2v) is 4.77. The normalized spacial score (nSPS) is 11.5. The van der Waals surface area contributed by atoms with Gasteiger partial charge >= 0.3 is 0 Å². The fourth-order valence-electron chi connectivity index (χ4n) is 1.61. The molecule has 5 nitrogen and oxygen atoms in total. The van der Waals surface area contributed by atoms with Gasteiger partial charge in [-0.15, -0.1) is 0 Å². The van der Waals surface area contributed by atoms with E-state index in [2.05, 4.69) is 22.7 Å². The van der Waals surface area contributed by atoms with Gasteiger partial charge in [0.1, 0.15) is 0 Å². The average Bonchev–Trinajstić information content (AvgIpc) is 2.75. The van der Waals surface area contributed by atoms with E-state index in [1.54, 1.807) is 7.05 Å². The predicted octanol–water partition coefficient (Wildman–Crippen LogP) is 0.765. The molecule has 0 aliphatic carbocycles. The lowest BCUT2D eigenvalue weighted by molar-refractivity contribution is -0.128. The van der Waals surface area contributed by atoms with E-state index >= 15 is 0 Å². The molecule has 1 rings (SSSR count). The Hall–Kier alpha value is -1.36. The van der Waals surface area contributed by atoms with Gasteiger partial charge in [-0.05, 0) is 20.8 Å². The van der Waals surface area contributed by atoms with E-state index in [9.17, 15) is 4.79 Å². The molecule has 1 aromatic rings. The van der Waals surface area contributed by atoms with E-state index in [1.807, 2.05) is 30.9 Å². The quantitative estimate of drug-likeness (QED) is 0.769. The highest BCUT2D eigenvalue weighted by atomic mass is 16.2. The second-order valence-electron chi connectivity index (χ2n) is 4.77. The summed E-state index contributed by atoms with van der Waals surface area (Å²) in [4.78, 5) is 11.6. The summed E-state index contributed by atoms with van der Waals surface area (Å²) in [5.41, 5.74) is 0.745. The van der Waals surface area contributed by atoms with Gasteiger partial charge in [-0.2, -0.15) is 5.10 Å². The van der Waals surface area contributed by atoms with E-state index in [0.29, 0.717) is 6.54 Å². The fraction of sp³-hybridized carbons (Fsp3) is 0.667. The van der Waals surface area contributed by atoms with Crippen LogP contribution in [0.1, 0.15) is 26.3 Å². The molecule has 0 unspecified atom stereocenters. The van der Waals surface area contributed by atoms with Gasteiger partial charge in [0.05, 0.1) is 11.6 Å². The van der Waals surface area contributed by atoms with E-state index in [0.717, 1.165) is 18.7 Å². The number of carbonyl (C=O) groups excluding carboxylic acids is 1. The Morgan fingerprint density at radius 2 is 2.24 bits per heavy atom.